The summed E-state index contributed by atoms with van der Waals surface area (Å²) in [4.78, 5) is 33.6. The molecule has 1 aliphatic heterocycles. The Morgan fingerprint density at radius 2 is 1.59 bits per heavy atom. The number of rotatable bonds is 8. The molecule has 0 saturated carbocycles. The van der Waals surface area contributed by atoms with Gasteiger partial charge < -0.3 is 18.9 Å². The first-order valence-electron chi connectivity index (χ1n) is 14.1. The van der Waals surface area contributed by atoms with Gasteiger partial charge in [-0.25, -0.2) is 9.79 Å². The molecule has 0 unspecified atom stereocenters. The predicted octanol–water partition coefficient (Wildman–Crippen LogP) is 5.11. The van der Waals surface area contributed by atoms with Gasteiger partial charge in [0.2, 0.25) is 0 Å². The highest BCUT2D eigenvalue weighted by Crippen LogP contribution is 2.42. The molecule has 0 aliphatic carbocycles. The van der Waals surface area contributed by atoms with Crippen molar-refractivity contribution in [2.24, 2.45) is 4.99 Å². The summed E-state index contributed by atoms with van der Waals surface area (Å²) in [5.41, 5.74) is 2.52. The normalized spacial score (nSPS) is 14.6. The molecule has 5 aromatic rings. The lowest BCUT2D eigenvalue weighted by Crippen LogP contribution is -2.40. The Morgan fingerprint density at radius 1 is 0.864 bits per heavy atom. The number of para-hydroxylation sites is 1. The number of ether oxygens (including phenoxy) is 4. The molecule has 222 valence electrons. The van der Waals surface area contributed by atoms with Crippen molar-refractivity contribution in [2.45, 2.75) is 13.0 Å². The van der Waals surface area contributed by atoms with Crippen molar-refractivity contribution in [1.29, 1.82) is 0 Å². The van der Waals surface area contributed by atoms with Crippen LogP contribution in [0.15, 0.2) is 100 Å². The Bertz CT molecular complexity index is 2100. The number of benzene rings is 4. The summed E-state index contributed by atoms with van der Waals surface area (Å²) in [6, 6.07) is 25.6. The molecule has 44 heavy (non-hydrogen) atoms. The molecule has 1 atom stereocenters. The number of nitrogens with zero attached hydrogens (tertiary/aromatic N) is 2. The van der Waals surface area contributed by atoms with E-state index in [4.69, 9.17) is 23.9 Å². The van der Waals surface area contributed by atoms with E-state index in [1.807, 2.05) is 78.9 Å². The molecule has 1 aromatic heterocycles. The van der Waals surface area contributed by atoms with E-state index in [0.29, 0.717) is 32.1 Å². The summed E-state index contributed by atoms with van der Waals surface area (Å²) in [5, 5.41) is 1.88. The van der Waals surface area contributed by atoms with Gasteiger partial charge in [0.05, 0.1) is 43.7 Å². The Labute approximate surface area is 257 Å². The largest absolute Gasteiger partial charge is 0.496 e. The number of thiazole rings is 1. The van der Waals surface area contributed by atoms with Crippen molar-refractivity contribution >= 4 is 39.9 Å². The van der Waals surface area contributed by atoms with Gasteiger partial charge >= 0.3 is 5.97 Å². The van der Waals surface area contributed by atoms with Crippen LogP contribution in [-0.4, -0.2) is 38.5 Å². The van der Waals surface area contributed by atoms with E-state index in [1.54, 1.807) is 37.8 Å². The van der Waals surface area contributed by atoms with E-state index in [2.05, 4.69) is 0 Å². The van der Waals surface area contributed by atoms with Crippen molar-refractivity contribution in [3.8, 4) is 17.2 Å². The first-order chi connectivity index (χ1) is 21.5. The molecule has 4 aromatic carbocycles. The van der Waals surface area contributed by atoms with Gasteiger partial charge in [0.15, 0.2) is 16.3 Å². The molecule has 2 heterocycles. The van der Waals surface area contributed by atoms with Crippen molar-refractivity contribution in [3.05, 3.63) is 127 Å². The van der Waals surface area contributed by atoms with Gasteiger partial charge in [-0.3, -0.25) is 9.36 Å². The van der Waals surface area contributed by atoms with E-state index < -0.39 is 12.0 Å². The van der Waals surface area contributed by atoms with Crippen molar-refractivity contribution < 1.29 is 23.7 Å². The molecule has 0 amide bonds. The van der Waals surface area contributed by atoms with Gasteiger partial charge in [-0.05, 0) is 36.1 Å². The number of fused-ring (bicyclic) bond motifs is 2. The Hall–Kier alpha value is -5.15. The molecule has 1 aliphatic rings. The second-order valence-electron chi connectivity index (χ2n) is 9.92. The predicted molar refractivity (Wildman–Crippen MR) is 171 cm³/mol. The van der Waals surface area contributed by atoms with Crippen LogP contribution in [0.2, 0.25) is 0 Å². The van der Waals surface area contributed by atoms with Crippen LogP contribution < -0.4 is 29.1 Å². The zero-order chi connectivity index (χ0) is 30.8. The highest BCUT2D eigenvalue weighted by Gasteiger charge is 2.37. The van der Waals surface area contributed by atoms with E-state index in [9.17, 15) is 9.59 Å². The van der Waals surface area contributed by atoms with Gasteiger partial charge in [0, 0.05) is 16.5 Å². The lowest BCUT2D eigenvalue weighted by atomic mass is 9.92. The maximum atomic E-state index is 14.4. The van der Waals surface area contributed by atoms with Crippen molar-refractivity contribution in [2.75, 3.05) is 27.9 Å². The maximum absolute atomic E-state index is 14.4. The van der Waals surface area contributed by atoms with Crippen LogP contribution in [0.25, 0.3) is 22.5 Å². The molecular weight excluding hydrogens is 576 g/mol. The molecule has 0 spiro atoms. The van der Waals surface area contributed by atoms with Gasteiger partial charge in [-0.15, -0.1) is 0 Å². The lowest BCUT2D eigenvalue weighted by molar-refractivity contribution is -0.138. The molecule has 0 N–H and O–H groups in total. The number of methoxy groups -OCH3 is 3. The minimum absolute atomic E-state index is 0.154. The molecule has 0 saturated heterocycles. The van der Waals surface area contributed by atoms with E-state index in [1.165, 1.54) is 18.4 Å². The monoisotopic (exact) mass is 606 g/mol. The average Bonchev–Trinajstić information content (AvgIpc) is 3.38. The molecule has 0 fully saturated rings. The number of hydrogen-bond acceptors (Lipinski definition) is 8. The third-order valence-electron chi connectivity index (χ3n) is 7.53. The summed E-state index contributed by atoms with van der Waals surface area (Å²) in [6.07, 6.45) is 1.86. The van der Waals surface area contributed by atoms with Gasteiger partial charge in [0.1, 0.15) is 11.8 Å². The zero-order valence-electron chi connectivity index (χ0n) is 24.7. The average molecular weight is 607 g/mol. The lowest BCUT2D eigenvalue weighted by Gasteiger charge is -2.27. The minimum Gasteiger partial charge on any atom is -0.496 e. The number of carbonyl (C=O) groups is 1. The fraction of sp³-hybridized carbons (Fsp3) is 0.171. The Morgan fingerprint density at radius 3 is 2.30 bits per heavy atom. The van der Waals surface area contributed by atoms with Crippen molar-refractivity contribution in [3.63, 3.8) is 0 Å². The Kier molecular flexibility index (Phi) is 8.04. The number of hydrogen-bond donors (Lipinski definition) is 0. The summed E-state index contributed by atoms with van der Waals surface area (Å²) >= 11 is 1.26. The smallest absolute Gasteiger partial charge is 0.338 e. The second kappa shape index (κ2) is 12.2. The number of esters is 1. The standard InChI is InChI=1S/C35H30N2O6S/c1-5-43-34(39)29-30(21-12-7-6-8-13-21)36-35-37(31(29)25-16-11-17-27(41-3)32(25)42-4)33(38)28(44-35)20-22-18-19-26(40-2)24-15-10-9-14-23(22)24/h6-20,31H,5H2,1-4H3/b28-20-/t31-/m0/s1. The van der Waals surface area contributed by atoms with Gasteiger partial charge in [0.25, 0.3) is 5.56 Å². The summed E-state index contributed by atoms with van der Waals surface area (Å²) in [6.45, 7) is 1.90. The topological polar surface area (TPSA) is 88.4 Å². The number of aromatic nitrogens is 1. The molecular formula is C35H30N2O6S. The van der Waals surface area contributed by atoms with Gasteiger partial charge in [-0.1, -0.05) is 84.1 Å². The van der Waals surface area contributed by atoms with Crippen LogP contribution in [0.1, 0.15) is 29.7 Å². The van der Waals surface area contributed by atoms with E-state index in [-0.39, 0.29) is 17.7 Å². The third-order valence-corrected chi connectivity index (χ3v) is 8.51. The van der Waals surface area contributed by atoms with Crippen LogP contribution in [0.4, 0.5) is 0 Å². The SMILES string of the molecule is CCOC(=O)C1=C(c2ccccc2)N=c2s/c(=C\c3ccc(OC)c4ccccc34)c(=O)n2[C@H]1c1cccc(OC)c1OC. The molecule has 9 heteroatoms. The zero-order valence-corrected chi connectivity index (χ0v) is 25.5. The van der Waals surface area contributed by atoms with E-state index in [0.717, 1.165) is 27.6 Å². The fourth-order valence-corrected chi connectivity index (χ4v) is 6.59. The molecule has 0 radical (unpaired) electrons. The van der Waals surface area contributed by atoms with Gasteiger partial charge in [-0.2, -0.15) is 0 Å². The fourth-order valence-electron chi connectivity index (χ4n) is 5.60. The third kappa shape index (κ3) is 4.95. The summed E-state index contributed by atoms with van der Waals surface area (Å²) < 4.78 is 24.6. The first-order valence-corrected chi connectivity index (χ1v) is 14.9. The van der Waals surface area contributed by atoms with Crippen LogP contribution in [0.5, 0.6) is 17.2 Å². The van der Waals surface area contributed by atoms with Crippen molar-refractivity contribution in [1.82, 2.24) is 4.57 Å². The molecule has 8 nitrogen and oxygen atoms in total. The first kappa shape index (κ1) is 28.9. The highest BCUT2D eigenvalue weighted by molar-refractivity contribution is 7.07. The van der Waals surface area contributed by atoms with Crippen LogP contribution in [0.3, 0.4) is 0 Å². The minimum atomic E-state index is -0.902. The molecule has 0 bridgehead atoms. The quantitative estimate of drug-likeness (QED) is 0.228. The maximum Gasteiger partial charge on any atom is 0.338 e. The van der Waals surface area contributed by atoms with Crippen LogP contribution >= 0.6 is 11.3 Å². The second-order valence-corrected chi connectivity index (χ2v) is 10.9. The highest BCUT2D eigenvalue weighted by atomic mass is 32.1. The van der Waals surface area contributed by atoms with E-state index >= 15 is 0 Å². The Balaban J connectivity index is 1.69. The number of carbonyl (C=O) groups excluding carboxylic acids is 1. The molecule has 6 rings (SSSR count). The summed E-state index contributed by atoms with van der Waals surface area (Å²) in [7, 11) is 4.72. The van der Waals surface area contributed by atoms with Crippen LogP contribution in [-0.2, 0) is 9.53 Å². The van der Waals surface area contributed by atoms with Crippen LogP contribution in [0, 0.1) is 0 Å². The summed E-state index contributed by atoms with van der Waals surface area (Å²) in [5.74, 6) is 1.06.